The zero-order valence-corrected chi connectivity index (χ0v) is 12.9. The third kappa shape index (κ3) is 3.48. The van der Waals surface area contributed by atoms with Gasteiger partial charge in [0.25, 0.3) is 5.91 Å². The molecule has 0 bridgehead atoms. The lowest BCUT2D eigenvalue weighted by molar-refractivity contribution is -0.123. The molecule has 1 amide bonds. The molecule has 1 unspecified atom stereocenters. The van der Waals surface area contributed by atoms with Gasteiger partial charge in [-0.2, -0.15) is 0 Å². The van der Waals surface area contributed by atoms with E-state index in [0.29, 0.717) is 16.3 Å². The summed E-state index contributed by atoms with van der Waals surface area (Å²) in [7, 11) is 0. The molecule has 1 aliphatic heterocycles. The third-order valence-corrected chi connectivity index (χ3v) is 4.03. The number of rotatable bonds is 4. The Balaban J connectivity index is 1.64. The number of amides is 1. The van der Waals surface area contributed by atoms with Crippen LogP contribution in [0.15, 0.2) is 30.5 Å². The lowest BCUT2D eigenvalue weighted by Gasteiger charge is -2.23. The number of nitrogens with zero attached hydrogens (tertiary/aromatic N) is 1. The predicted octanol–water partition coefficient (Wildman–Crippen LogP) is 2.14. The lowest BCUT2D eigenvalue weighted by atomic mass is 10.1. The number of piperidine rings is 1. The molecule has 5 nitrogen and oxygen atoms in total. The summed E-state index contributed by atoms with van der Waals surface area (Å²) >= 11 is 6.14. The van der Waals surface area contributed by atoms with E-state index in [4.69, 9.17) is 16.3 Å². The molecule has 1 aliphatic rings. The van der Waals surface area contributed by atoms with Gasteiger partial charge in [-0.25, -0.2) is 0 Å². The van der Waals surface area contributed by atoms with Crippen molar-refractivity contribution in [1.29, 1.82) is 0 Å². The van der Waals surface area contributed by atoms with Crippen molar-refractivity contribution < 1.29 is 9.53 Å². The minimum absolute atomic E-state index is 0.0240. The van der Waals surface area contributed by atoms with Crippen LogP contribution in [0.5, 0.6) is 5.75 Å². The van der Waals surface area contributed by atoms with Gasteiger partial charge in [-0.05, 0) is 43.7 Å². The average molecular weight is 320 g/mol. The Kier molecular flexibility index (Phi) is 4.75. The van der Waals surface area contributed by atoms with Gasteiger partial charge in [0.15, 0.2) is 6.61 Å². The van der Waals surface area contributed by atoms with Gasteiger partial charge in [-0.3, -0.25) is 9.78 Å². The SMILES string of the molecule is O=C(COc1ccc(Cl)c2cccnc12)NC1CCCNC1. The van der Waals surface area contributed by atoms with Crippen LogP contribution in [0.25, 0.3) is 10.9 Å². The van der Waals surface area contributed by atoms with Gasteiger partial charge in [0.05, 0.1) is 5.02 Å². The highest BCUT2D eigenvalue weighted by atomic mass is 35.5. The summed E-state index contributed by atoms with van der Waals surface area (Å²) < 4.78 is 5.62. The van der Waals surface area contributed by atoms with Crippen LogP contribution in [0, 0.1) is 0 Å². The number of carbonyl (C=O) groups excluding carboxylic acids is 1. The van der Waals surface area contributed by atoms with Gasteiger partial charge in [-0.15, -0.1) is 0 Å². The standard InChI is InChI=1S/C16H18ClN3O2/c17-13-5-6-14(16-12(13)4-2-8-19-16)22-10-15(21)20-11-3-1-7-18-9-11/h2,4-6,8,11,18H,1,3,7,9-10H2,(H,20,21). The van der Waals surface area contributed by atoms with Crippen molar-refractivity contribution in [3.8, 4) is 5.75 Å². The van der Waals surface area contributed by atoms with Crippen LogP contribution >= 0.6 is 11.6 Å². The molecule has 2 aromatic rings. The minimum atomic E-state index is -0.118. The van der Waals surface area contributed by atoms with Crippen LogP contribution in [-0.2, 0) is 4.79 Å². The number of ether oxygens (including phenoxy) is 1. The van der Waals surface area contributed by atoms with Crippen LogP contribution in [0.1, 0.15) is 12.8 Å². The Hall–Kier alpha value is -1.85. The first-order chi connectivity index (χ1) is 10.7. The number of benzene rings is 1. The topological polar surface area (TPSA) is 63.2 Å². The zero-order chi connectivity index (χ0) is 15.4. The molecule has 6 heteroatoms. The van der Waals surface area contributed by atoms with Crippen molar-refractivity contribution in [2.75, 3.05) is 19.7 Å². The molecule has 1 fully saturated rings. The van der Waals surface area contributed by atoms with Crippen LogP contribution in [0.2, 0.25) is 5.02 Å². The minimum Gasteiger partial charge on any atom is -0.481 e. The number of halogens is 1. The Labute approximate surface area is 134 Å². The number of nitrogens with one attached hydrogen (secondary N) is 2. The summed E-state index contributed by atoms with van der Waals surface area (Å²) in [6, 6.07) is 7.38. The number of hydrogen-bond acceptors (Lipinski definition) is 4. The fraction of sp³-hybridized carbons (Fsp3) is 0.375. The predicted molar refractivity (Wildman–Crippen MR) is 86.3 cm³/mol. The van der Waals surface area contributed by atoms with Crippen LogP contribution in [0.4, 0.5) is 0 Å². The monoisotopic (exact) mass is 319 g/mol. The fourth-order valence-corrected chi connectivity index (χ4v) is 2.83. The Morgan fingerprint density at radius 2 is 2.36 bits per heavy atom. The van der Waals surface area contributed by atoms with Gasteiger partial charge < -0.3 is 15.4 Å². The van der Waals surface area contributed by atoms with Crippen molar-refractivity contribution in [3.63, 3.8) is 0 Å². The molecule has 0 saturated carbocycles. The molecular weight excluding hydrogens is 302 g/mol. The first-order valence-corrected chi connectivity index (χ1v) is 7.78. The molecule has 0 aliphatic carbocycles. The maximum Gasteiger partial charge on any atom is 0.258 e. The molecule has 2 N–H and O–H groups in total. The molecule has 116 valence electrons. The number of hydrogen-bond donors (Lipinski definition) is 2. The summed E-state index contributed by atoms with van der Waals surface area (Å²) in [5.41, 5.74) is 0.669. The summed E-state index contributed by atoms with van der Waals surface area (Å²) in [6.45, 7) is 1.81. The second-order valence-corrected chi connectivity index (χ2v) is 5.75. The fourth-order valence-electron chi connectivity index (χ4n) is 2.62. The van der Waals surface area contributed by atoms with Gasteiger partial charge in [0.1, 0.15) is 11.3 Å². The maximum absolute atomic E-state index is 12.0. The van der Waals surface area contributed by atoms with Crippen LogP contribution < -0.4 is 15.4 Å². The zero-order valence-electron chi connectivity index (χ0n) is 12.1. The normalized spacial score (nSPS) is 18.1. The first-order valence-electron chi connectivity index (χ1n) is 7.40. The first kappa shape index (κ1) is 15.1. The Morgan fingerprint density at radius 1 is 1.45 bits per heavy atom. The summed E-state index contributed by atoms with van der Waals surface area (Å²) in [5, 5.41) is 7.68. The van der Waals surface area contributed by atoms with E-state index in [0.717, 1.165) is 31.3 Å². The average Bonchev–Trinajstić information content (AvgIpc) is 2.55. The van der Waals surface area contributed by atoms with E-state index in [1.807, 2.05) is 12.1 Å². The smallest absolute Gasteiger partial charge is 0.258 e. The van der Waals surface area contributed by atoms with E-state index in [9.17, 15) is 4.79 Å². The molecule has 1 aromatic carbocycles. The number of aromatic nitrogens is 1. The van der Waals surface area contributed by atoms with Crippen molar-refractivity contribution in [3.05, 3.63) is 35.5 Å². The number of fused-ring (bicyclic) bond motifs is 1. The molecule has 2 heterocycles. The van der Waals surface area contributed by atoms with Gasteiger partial charge in [-0.1, -0.05) is 11.6 Å². The second-order valence-electron chi connectivity index (χ2n) is 5.34. The summed E-state index contributed by atoms with van der Waals surface area (Å²) in [6.07, 6.45) is 3.76. The molecule has 1 aromatic heterocycles. The maximum atomic E-state index is 12.0. The Bertz CT molecular complexity index is 671. The van der Waals surface area contributed by atoms with Gasteiger partial charge in [0.2, 0.25) is 0 Å². The van der Waals surface area contributed by atoms with Gasteiger partial charge >= 0.3 is 0 Å². The molecule has 3 rings (SSSR count). The van der Waals surface area contributed by atoms with E-state index < -0.39 is 0 Å². The Morgan fingerprint density at radius 3 is 3.18 bits per heavy atom. The van der Waals surface area contributed by atoms with Crippen molar-refractivity contribution in [2.45, 2.75) is 18.9 Å². The van der Waals surface area contributed by atoms with Crippen LogP contribution in [0.3, 0.4) is 0 Å². The van der Waals surface area contributed by atoms with E-state index >= 15 is 0 Å². The highest BCUT2D eigenvalue weighted by molar-refractivity contribution is 6.35. The largest absolute Gasteiger partial charge is 0.481 e. The highest BCUT2D eigenvalue weighted by Crippen LogP contribution is 2.29. The van der Waals surface area contributed by atoms with E-state index in [1.54, 1.807) is 18.3 Å². The van der Waals surface area contributed by atoms with Crippen molar-refractivity contribution in [2.24, 2.45) is 0 Å². The van der Waals surface area contributed by atoms with E-state index in [2.05, 4.69) is 15.6 Å². The van der Waals surface area contributed by atoms with Crippen molar-refractivity contribution >= 4 is 28.4 Å². The third-order valence-electron chi connectivity index (χ3n) is 3.70. The van der Waals surface area contributed by atoms with E-state index in [1.165, 1.54) is 0 Å². The van der Waals surface area contributed by atoms with Crippen LogP contribution in [-0.4, -0.2) is 36.6 Å². The molecular formula is C16H18ClN3O2. The van der Waals surface area contributed by atoms with E-state index in [-0.39, 0.29) is 18.6 Å². The molecule has 1 atom stereocenters. The summed E-state index contributed by atoms with van der Waals surface area (Å²) in [5.74, 6) is 0.449. The molecule has 1 saturated heterocycles. The number of pyridine rings is 1. The highest BCUT2D eigenvalue weighted by Gasteiger charge is 2.16. The summed E-state index contributed by atoms with van der Waals surface area (Å²) in [4.78, 5) is 16.3. The second kappa shape index (κ2) is 6.94. The lowest BCUT2D eigenvalue weighted by Crippen LogP contribution is -2.47. The van der Waals surface area contributed by atoms with Crippen molar-refractivity contribution in [1.82, 2.24) is 15.6 Å². The van der Waals surface area contributed by atoms with Gasteiger partial charge in [0, 0.05) is 24.2 Å². The number of carbonyl (C=O) groups is 1. The molecule has 0 spiro atoms. The quantitative estimate of drug-likeness (QED) is 0.906. The molecule has 22 heavy (non-hydrogen) atoms. The molecule has 0 radical (unpaired) electrons.